The van der Waals surface area contributed by atoms with Gasteiger partial charge in [0.25, 0.3) is 6.01 Å². The third-order valence-electron chi connectivity index (χ3n) is 5.80. The smallest absolute Gasteiger partial charge is 0.326 e. The number of fused-ring (bicyclic) bond motifs is 2. The van der Waals surface area contributed by atoms with E-state index in [1.807, 2.05) is 18.2 Å². The summed E-state index contributed by atoms with van der Waals surface area (Å²) in [6.45, 7) is 0.463. The molecule has 1 aromatic heterocycles. The second-order valence-electron chi connectivity index (χ2n) is 7.95. The van der Waals surface area contributed by atoms with Crippen LogP contribution in [0.5, 0.6) is 11.5 Å². The normalized spacial score (nSPS) is 15.3. The third kappa shape index (κ3) is 4.12. The number of hydrogen-bond donors (Lipinski definition) is 1. The van der Waals surface area contributed by atoms with E-state index in [0.29, 0.717) is 22.0 Å². The summed E-state index contributed by atoms with van der Waals surface area (Å²) in [5.41, 5.74) is 3.18. The highest BCUT2D eigenvalue weighted by Gasteiger charge is 2.36. The Labute approximate surface area is 199 Å². The summed E-state index contributed by atoms with van der Waals surface area (Å²) >= 11 is 6.08. The van der Waals surface area contributed by atoms with E-state index in [9.17, 15) is 14.3 Å². The second-order valence-corrected chi connectivity index (χ2v) is 8.38. The highest BCUT2D eigenvalue weighted by atomic mass is 35.5. The maximum absolute atomic E-state index is 13.6. The lowest BCUT2D eigenvalue weighted by atomic mass is 9.93. The number of aliphatic carboxylic acids is 1. The Hall–Kier alpha value is -3.78. The highest BCUT2D eigenvalue weighted by molar-refractivity contribution is 6.30. The molecule has 0 saturated heterocycles. The molecule has 0 amide bonds. The fourth-order valence-corrected chi connectivity index (χ4v) is 4.36. The van der Waals surface area contributed by atoms with Crippen LogP contribution in [0.4, 0.5) is 10.4 Å². The van der Waals surface area contributed by atoms with Crippen molar-refractivity contribution in [3.8, 4) is 11.5 Å². The van der Waals surface area contributed by atoms with E-state index in [1.165, 1.54) is 25.3 Å². The average molecular weight is 483 g/mol. The van der Waals surface area contributed by atoms with Crippen LogP contribution in [0.25, 0.3) is 11.1 Å². The summed E-state index contributed by atoms with van der Waals surface area (Å²) in [5.74, 6) is -0.494. The Balaban J connectivity index is 1.51. The van der Waals surface area contributed by atoms with Crippen molar-refractivity contribution in [2.75, 3.05) is 12.0 Å². The largest absolute Gasteiger partial charge is 0.493 e. The van der Waals surface area contributed by atoms with Gasteiger partial charge in [-0.1, -0.05) is 29.8 Å². The third-order valence-corrected chi connectivity index (χ3v) is 6.03. The zero-order chi connectivity index (χ0) is 23.8. The minimum Gasteiger partial charge on any atom is -0.493 e. The fourth-order valence-electron chi connectivity index (χ4n) is 4.15. The van der Waals surface area contributed by atoms with Crippen LogP contribution in [-0.4, -0.2) is 29.2 Å². The Kier molecular flexibility index (Phi) is 5.75. The molecule has 174 valence electrons. The summed E-state index contributed by atoms with van der Waals surface area (Å²) in [7, 11) is 1.54. The van der Waals surface area contributed by atoms with Gasteiger partial charge >= 0.3 is 5.97 Å². The zero-order valence-electron chi connectivity index (χ0n) is 18.1. The fraction of sp³-hybridized carbons (Fsp3) is 0.200. The summed E-state index contributed by atoms with van der Waals surface area (Å²) in [5, 5.41) is 10.6. The lowest BCUT2D eigenvalue weighted by Crippen LogP contribution is -2.46. The van der Waals surface area contributed by atoms with E-state index in [0.717, 1.165) is 16.7 Å². The van der Waals surface area contributed by atoms with Crippen LogP contribution in [-0.2, 0) is 24.4 Å². The van der Waals surface area contributed by atoms with Gasteiger partial charge in [0.15, 0.2) is 17.1 Å². The molecule has 1 aliphatic rings. The average Bonchev–Trinajstić information content (AvgIpc) is 3.24. The first-order valence-corrected chi connectivity index (χ1v) is 10.9. The number of carboxylic acid groups (broad SMARTS) is 1. The molecule has 9 heteroatoms. The molecule has 7 nitrogen and oxygen atoms in total. The van der Waals surface area contributed by atoms with Crippen LogP contribution in [0.3, 0.4) is 0 Å². The van der Waals surface area contributed by atoms with Gasteiger partial charge in [0, 0.05) is 29.6 Å². The molecule has 0 fully saturated rings. The summed E-state index contributed by atoms with van der Waals surface area (Å²) < 4.78 is 30.9. The van der Waals surface area contributed by atoms with E-state index in [-0.39, 0.29) is 31.2 Å². The predicted octanol–water partition coefficient (Wildman–Crippen LogP) is 5.22. The number of oxazole rings is 1. The first-order valence-electron chi connectivity index (χ1n) is 10.5. The molecule has 0 spiro atoms. The molecule has 3 aromatic carbocycles. The van der Waals surface area contributed by atoms with Gasteiger partial charge in [-0.2, -0.15) is 4.98 Å². The number of rotatable bonds is 6. The molecule has 1 unspecified atom stereocenters. The van der Waals surface area contributed by atoms with Gasteiger partial charge in [0.2, 0.25) is 0 Å². The standard InChI is InChI=1S/C25H20ClFN2O5/c1-32-21-8-5-15-12-29(25-28-19-7-6-17(27)10-22(19)34-25)20(24(30)31)11-18(15)23(21)33-13-14-3-2-4-16(26)9-14/h2-10,20H,11-13H2,1H3,(H,30,31). The molecule has 1 aliphatic heterocycles. The second kappa shape index (κ2) is 8.87. The molecular formula is C25H20ClFN2O5. The Bertz CT molecular complexity index is 1390. The first kappa shape index (κ1) is 22.0. The van der Waals surface area contributed by atoms with Crippen molar-refractivity contribution in [3.05, 3.63) is 82.1 Å². The van der Waals surface area contributed by atoms with Gasteiger partial charge in [0.1, 0.15) is 24.0 Å². The van der Waals surface area contributed by atoms with Crippen molar-refractivity contribution >= 4 is 34.7 Å². The number of methoxy groups -OCH3 is 1. The first-order chi connectivity index (χ1) is 16.4. The minimum atomic E-state index is -1.04. The van der Waals surface area contributed by atoms with Gasteiger partial charge < -0.3 is 23.9 Å². The number of anilines is 1. The topological polar surface area (TPSA) is 85.0 Å². The number of carbonyl (C=O) groups is 1. The zero-order valence-corrected chi connectivity index (χ0v) is 18.9. The number of hydrogen-bond acceptors (Lipinski definition) is 6. The SMILES string of the molecule is COc1ccc2c(c1OCc1cccc(Cl)c1)CC(C(=O)O)N(c1nc3ccc(F)cc3o1)C2. The van der Waals surface area contributed by atoms with E-state index < -0.39 is 17.8 Å². The van der Waals surface area contributed by atoms with Crippen LogP contribution in [0.1, 0.15) is 16.7 Å². The van der Waals surface area contributed by atoms with E-state index >= 15 is 0 Å². The van der Waals surface area contributed by atoms with E-state index in [4.69, 9.17) is 25.5 Å². The van der Waals surface area contributed by atoms with E-state index in [1.54, 1.807) is 23.1 Å². The van der Waals surface area contributed by atoms with Crippen LogP contribution in [0.2, 0.25) is 5.02 Å². The molecule has 34 heavy (non-hydrogen) atoms. The number of aromatic nitrogens is 1. The number of nitrogens with zero attached hydrogens (tertiary/aromatic N) is 2. The molecule has 1 atom stereocenters. The summed E-state index contributed by atoms with van der Waals surface area (Å²) in [6, 6.07) is 14.1. The molecular weight excluding hydrogens is 463 g/mol. The van der Waals surface area contributed by atoms with Gasteiger partial charge in [-0.15, -0.1) is 0 Å². The van der Waals surface area contributed by atoms with Crippen LogP contribution in [0.15, 0.2) is 59.0 Å². The number of benzene rings is 3. The number of carboxylic acids is 1. The molecule has 0 radical (unpaired) electrons. The Morgan fingerprint density at radius 3 is 2.88 bits per heavy atom. The number of halogens is 2. The number of ether oxygens (including phenoxy) is 2. The molecule has 2 heterocycles. The van der Waals surface area contributed by atoms with Crippen LogP contribution >= 0.6 is 11.6 Å². The highest BCUT2D eigenvalue weighted by Crippen LogP contribution is 2.40. The maximum Gasteiger partial charge on any atom is 0.326 e. The van der Waals surface area contributed by atoms with Crippen molar-refractivity contribution in [2.24, 2.45) is 0 Å². The molecule has 5 rings (SSSR count). The Morgan fingerprint density at radius 2 is 2.12 bits per heavy atom. The maximum atomic E-state index is 13.6. The van der Waals surface area contributed by atoms with Crippen molar-refractivity contribution in [2.45, 2.75) is 25.6 Å². The van der Waals surface area contributed by atoms with Gasteiger partial charge in [-0.05, 0) is 41.5 Å². The lowest BCUT2D eigenvalue weighted by Gasteiger charge is -2.34. The monoisotopic (exact) mass is 482 g/mol. The van der Waals surface area contributed by atoms with Gasteiger partial charge in [-0.3, -0.25) is 0 Å². The van der Waals surface area contributed by atoms with Crippen molar-refractivity contribution in [1.29, 1.82) is 0 Å². The predicted molar refractivity (Wildman–Crippen MR) is 124 cm³/mol. The van der Waals surface area contributed by atoms with Gasteiger partial charge in [-0.25, -0.2) is 9.18 Å². The minimum absolute atomic E-state index is 0.121. The van der Waals surface area contributed by atoms with Crippen LogP contribution in [0, 0.1) is 5.82 Å². The van der Waals surface area contributed by atoms with E-state index in [2.05, 4.69) is 4.98 Å². The molecule has 0 saturated carbocycles. The van der Waals surface area contributed by atoms with Crippen molar-refractivity contribution in [1.82, 2.24) is 4.98 Å². The summed E-state index contributed by atoms with van der Waals surface area (Å²) in [6.07, 6.45) is 0.139. The molecule has 0 bridgehead atoms. The Morgan fingerprint density at radius 1 is 1.26 bits per heavy atom. The van der Waals surface area contributed by atoms with Crippen molar-refractivity contribution < 1.29 is 28.2 Å². The lowest BCUT2D eigenvalue weighted by molar-refractivity contribution is -0.138. The molecule has 4 aromatic rings. The molecule has 1 N–H and O–H groups in total. The molecule has 0 aliphatic carbocycles. The quantitative estimate of drug-likeness (QED) is 0.403. The van der Waals surface area contributed by atoms with Crippen molar-refractivity contribution in [3.63, 3.8) is 0 Å². The summed E-state index contributed by atoms with van der Waals surface area (Å²) in [4.78, 5) is 18.2. The van der Waals surface area contributed by atoms with Crippen LogP contribution < -0.4 is 14.4 Å². The van der Waals surface area contributed by atoms with Gasteiger partial charge in [0.05, 0.1) is 7.11 Å².